The lowest BCUT2D eigenvalue weighted by Gasteiger charge is -2.25. The van der Waals surface area contributed by atoms with Crippen LogP contribution in [0.2, 0.25) is 0 Å². The molecule has 1 aromatic heterocycles. The van der Waals surface area contributed by atoms with Gasteiger partial charge in [-0.25, -0.2) is 4.79 Å². The highest BCUT2D eigenvalue weighted by Crippen LogP contribution is 2.37. The highest BCUT2D eigenvalue weighted by atomic mass is 16.5. The molecule has 0 amide bonds. The molecule has 106 valence electrons. The predicted molar refractivity (Wildman–Crippen MR) is 77.0 cm³/mol. The van der Waals surface area contributed by atoms with Gasteiger partial charge in [0.2, 0.25) is 0 Å². The summed E-state index contributed by atoms with van der Waals surface area (Å²) in [6.45, 7) is 5.07. The molecule has 1 unspecified atom stereocenters. The first-order valence-electron chi connectivity index (χ1n) is 7.00. The molecular formula is C16H19NO3. The minimum Gasteiger partial charge on any atom is -0.461 e. The second-order valence-electron chi connectivity index (χ2n) is 5.15. The van der Waals surface area contributed by atoms with Gasteiger partial charge in [-0.05, 0) is 31.9 Å². The van der Waals surface area contributed by atoms with Crippen LogP contribution in [0.5, 0.6) is 0 Å². The lowest BCUT2D eigenvalue weighted by molar-refractivity contribution is 0.0507. The van der Waals surface area contributed by atoms with Crippen molar-refractivity contribution in [3.8, 4) is 0 Å². The SMILES string of the molecule is CCOC(=O)c1cc2c(C)ccc3c2n1CCC3OC. The maximum Gasteiger partial charge on any atom is 0.354 e. The van der Waals surface area contributed by atoms with Gasteiger partial charge in [0.1, 0.15) is 5.69 Å². The number of carbonyl (C=O) groups excluding carboxylic acids is 1. The molecule has 2 aromatic rings. The molecule has 4 nitrogen and oxygen atoms in total. The zero-order valence-electron chi connectivity index (χ0n) is 12.1. The molecule has 0 saturated heterocycles. The summed E-state index contributed by atoms with van der Waals surface area (Å²) in [5, 5.41) is 1.12. The smallest absolute Gasteiger partial charge is 0.354 e. The van der Waals surface area contributed by atoms with Gasteiger partial charge in [0.15, 0.2) is 0 Å². The van der Waals surface area contributed by atoms with Crippen LogP contribution in [0.1, 0.15) is 41.1 Å². The van der Waals surface area contributed by atoms with E-state index in [-0.39, 0.29) is 12.1 Å². The standard InChI is InChI=1S/C16H19NO3/c1-4-20-16(18)13-9-12-10(2)5-6-11-14(19-3)7-8-17(13)15(11)12/h5-6,9,14H,4,7-8H2,1-3H3. The van der Waals surface area contributed by atoms with E-state index in [4.69, 9.17) is 9.47 Å². The van der Waals surface area contributed by atoms with Crippen molar-refractivity contribution < 1.29 is 14.3 Å². The van der Waals surface area contributed by atoms with E-state index in [1.807, 2.05) is 13.0 Å². The zero-order chi connectivity index (χ0) is 14.3. The summed E-state index contributed by atoms with van der Waals surface area (Å²) in [5.74, 6) is -0.245. The van der Waals surface area contributed by atoms with Crippen LogP contribution in [0.4, 0.5) is 0 Å². The van der Waals surface area contributed by atoms with E-state index < -0.39 is 0 Å². The number of carbonyl (C=O) groups is 1. The monoisotopic (exact) mass is 273 g/mol. The number of ether oxygens (including phenoxy) is 2. The molecule has 0 fully saturated rings. The highest BCUT2D eigenvalue weighted by molar-refractivity contribution is 5.98. The third-order valence-corrected chi connectivity index (χ3v) is 4.04. The van der Waals surface area contributed by atoms with Gasteiger partial charge in [-0.15, -0.1) is 0 Å². The highest BCUT2D eigenvalue weighted by Gasteiger charge is 2.27. The van der Waals surface area contributed by atoms with Crippen LogP contribution in [0.3, 0.4) is 0 Å². The molecule has 2 heterocycles. The number of hydrogen-bond donors (Lipinski definition) is 0. The Morgan fingerprint density at radius 1 is 1.45 bits per heavy atom. The number of benzene rings is 1. The van der Waals surface area contributed by atoms with E-state index in [2.05, 4.69) is 23.6 Å². The van der Waals surface area contributed by atoms with E-state index in [0.717, 1.165) is 29.4 Å². The fourth-order valence-corrected chi connectivity index (χ4v) is 3.06. The number of aromatic nitrogens is 1. The summed E-state index contributed by atoms with van der Waals surface area (Å²) >= 11 is 0. The first-order chi connectivity index (χ1) is 9.67. The Hall–Kier alpha value is -1.81. The lowest BCUT2D eigenvalue weighted by atomic mass is 9.98. The second kappa shape index (κ2) is 4.94. The van der Waals surface area contributed by atoms with E-state index in [1.165, 1.54) is 5.56 Å². The molecule has 0 aliphatic carbocycles. The molecule has 0 bridgehead atoms. The number of aryl methyl sites for hydroxylation is 2. The van der Waals surface area contributed by atoms with E-state index in [1.54, 1.807) is 7.11 Å². The van der Waals surface area contributed by atoms with Crippen molar-refractivity contribution in [2.24, 2.45) is 0 Å². The number of methoxy groups -OCH3 is 1. The van der Waals surface area contributed by atoms with Crippen molar-refractivity contribution in [1.29, 1.82) is 0 Å². The fourth-order valence-electron chi connectivity index (χ4n) is 3.06. The largest absolute Gasteiger partial charge is 0.461 e. The molecule has 0 saturated carbocycles. The minimum absolute atomic E-state index is 0.107. The number of nitrogens with zero attached hydrogens (tertiary/aromatic N) is 1. The normalized spacial score (nSPS) is 17.4. The zero-order valence-corrected chi connectivity index (χ0v) is 12.1. The van der Waals surface area contributed by atoms with Crippen LogP contribution in [0, 0.1) is 6.92 Å². The Morgan fingerprint density at radius 2 is 2.25 bits per heavy atom. The first kappa shape index (κ1) is 13.2. The summed E-state index contributed by atoms with van der Waals surface area (Å²) in [6.07, 6.45) is 0.985. The van der Waals surface area contributed by atoms with Gasteiger partial charge < -0.3 is 14.0 Å². The maximum atomic E-state index is 12.1. The van der Waals surface area contributed by atoms with Gasteiger partial charge in [0.05, 0.1) is 18.2 Å². The fraction of sp³-hybridized carbons (Fsp3) is 0.438. The van der Waals surface area contributed by atoms with Crippen LogP contribution in [0.15, 0.2) is 18.2 Å². The van der Waals surface area contributed by atoms with Crippen LogP contribution in [-0.4, -0.2) is 24.3 Å². The first-order valence-corrected chi connectivity index (χ1v) is 7.00. The van der Waals surface area contributed by atoms with Crippen molar-refractivity contribution >= 4 is 16.9 Å². The number of hydrogen-bond acceptors (Lipinski definition) is 3. The van der Waals surface area contributed by atoms with Gasteiger partial charge in [0.25, 0.3) is 0 Å². The van der Waals surface area contributed by atoms with Crippen LogP contribution in [-0.2, 0) is 16.0 Å². The van der Waals surface area contributed by atoms with E-state index in [9.17, 15) is 4.79 Å². The third kappa shape index (κ3) is 1.83. The van der Waals surface area contributed by atoms with Crippen molar-refractivity contribution in [2.75, 3.05) is 13.7 Å². The van der Waals surface area contributed by atoms with Gasteiger partial charge in [-0.1, -0.05) is 12.1 Å². The van der Waals surface area contributed by atoms with Gasteiger partial charge in [0, 0.05) is 24.6 Å². The molecular weight excluding hydrogens is 254 g/mol. The topological polar surface area (TPSA) is 40.5 Å². The average Bonchev–Trinajstić information content (AvgIpc) is 2.84. The van der Waals surface area contributed by atoms with Crippen molar-refractivity contribution in [2.45, 2.75) is 32.9 Å². The molecule has 1 aromatic carbocycles. The van der Waals surface area contributed by atoms with Crippen molar-refractivity contribution in [1.82, 2.24) is 4.57 Å². The Morgan fingerprint density at radius 3 is 2.95 bits per heavy atom. The third-order valence-electron chi connectivity index (χ3n) is 4.04. The summed E-state index contributed by atoms with van der Waals surface area (Å²) in [5.41, 5.74) is 4.10. The molecule has 1 aliphatic rings. The molecule has 0 N–H and O–H groups in total. The average molecular weight is 273 g/mol. The molecule has 4 heteroatoms. The predicted octanol–water partition coefficient (Wildman–Crippen LogP) is 3.22. The summed E-state index contributed by atoms with van der Waals surface area (Å²) < 4.78 is 12.8. The van der Waals surface area contributed by atoms with Gasteiger partial charge in [-0.2, -0.15) is 0 Å². The molecule has 20 heavy (non-hydrogen) atoms. The molecule has 1 aliphatic heterocycles. The molecule has 1 atom stereocenters. The van der Waals surface area contributed by atoms with E-state index >= 15 is 0 Å². The summed E-state index contributed by atoms with van der Waals surface area (Å²) in [4.78, 5) is 12.1. The number of esters is 1. The molecule has 3 rings (SSSR count). The lowest BCUT2D eigenvalue weighted by Crippen LogP contribution is -2.19. The van der Waals surface area contributed by atoms with Crippen LogP contribution in [0.25, 0.3) is 10.9 Å². The van der Waals surface area contributed by atoms with Crippen molar-refractivity contribution in [3.63, 3.8) is 0 Å². The molecule has 0 radical (unpaired) electrons. The Labute approximate surface area is 118 Å². The van der Waals surface area contributed by atoms with Crippen LogP contribution >= 0.6 is 0 Å². The maximum absolute atomic E-state index is 12.1. The summed E-state index contributed by atoms with van der Waals surface area (Å²) in [6, 6.07) is 6.15. The Bertz CT molecular complexity index is 672. The summed E-state index contributed by atoms with van der Waals surface area (Å²) in [7, 11) is 1.74. The van der Waals surface area contributed by atoms with Gasteiger partial charge >= 0.3 is 5.97 Å². The van der Waals surface area contributed by atoms with E-state index in [0.29, 0.717) is 12.3 Å². The Kier molecular flexibility index (Phi) is 3.26. The quantitative estimate of drug-likeness (QED) is 0.806. The van der Waals surface area contributed by atoms with Crippen molar-refractivity contribution in [3.05, 3.63) is 35.0 Å². The van der Waals surface area contributed by atoms with Gasteiger partial charge in [-0.3, -0.25) is 0 Å². The minimum atomic E-state index is -0.245. The Balaban J connectivity index is 2.25. The van der Waals surface area contributed by atoms with Crippen LogP contribution < -0.4 is 0 Å². The second-order valence-corrected chi connectivity index (χ2v) is 5.15. The number of rotatable bonds is 3. The molecule has 0 spiro atoms.